The summed E-state index contributed by atoms with van der Waals surface area (Å²) in [5.41, 5.74) is 4.89. The molecule has 0 bridgehead atoms. The minimum atomic E-state index is -3.38. The van der Waals surface area contributed by atoms with Gasteiger partial charge in [0.1, 0.15) is 0 Å². The van der Waals surface area contributed by atoms with Gasteiger partial charge in [-0.25, -0.2) is 18.4 Å². The number of hydrogen-bond donors (Lipinski definition) is 0. The van der Waals surface area contributed by atoms with Gasteiger partial charge in [0.05, 0.1) is 11.4 Å². The molecule has 3 heterocycles. The molecule has 1 aliphatic heterocycles. The van der Waals surface area contributed by atoms with E-state index in [4.69, 9.17) is 0 Å². The maximum atomic E-state index is 11.6. The molecule has 1 aliphatic rings. The lowest BCUT2D eigenvalue weighted by Crippen LogP contribution is -2.31. The zero-order chi connectivity index (χ0) is 20.6. The highest BCUT2D eigenvalue weighted by Crippen LogP contribution is 2.27. The van der Waals surface area contributed by atoms with Crippen molar-refractivity contribution in [2.24, 2.45) is 0 Å². The minimum Gasteiger partial charge on any atom is -0.294 e. The quantitative estimate of drug-likeness (QED) is 0.468. The third-order valence-corrected chi connectivity index (χ3v) is 6.49. The lowest BCUT2D eigenvalue weighted by Gasteiger charge is -2.27. The van der Waals surface area contributed by atoms with Crippen LogP contribution in [-0.2, 0) is 29.3 Å². The van der Waals surface area contributed by atoms with Gasteiger partial charge in [-0.1, -0.05) is 37.9 Å². The number of benzene rings is 1. The first-order valence-electron chi connectivity index (χ1n) is 8.96. The number of pyridine rings is 1. The molecular formula is C20H18Br2N4O2S. The fourth-order valence-electron chi connectivity index (χ4n) is 3.32. The topological polar surface area (TPSA) is 76.1 Å². The van der Waals surface area contributed by atoms with Crippen molar-refractivity contribution < 1.29 is 8.42 Å². The number of aromatic nitrogens is 3. The standard InChI is InChI=1S/C20H18Br2N4O2S/c1-29(27,28)20-24-10-15-12-26(5-4-19(15)25-20)11-13-2-3-18(23-9-13)14-6-16(21)8-17(22)7-14/h2-3,6-10H,4-5,11-12H2,1H3. The number of fused-ring (bicyclic) bond motifs is 1. The van der Waals surface area contributed by atoms with E-state index >= 15 is 0 Å². The maximum absolute atomic E-state index is 11.6. The summed E-state index contributed by atoms with van der Waals surface area (Å²) in [6.07, 6.45) is 5.38. The van der Waals surface area contributed by atoms with E-state index in [1.54, 1.807) is 6.20 Å². The molecule has 0 unspecified atom stereocenters. The van der Waals surface area contributed by atoms with E-state index in [0.29, 0.717) is 13.0 Å². The Bertz CT molecular complexity index is 1150. The van der Waals surface area contributed by atoms with Crippen LogP contribution < -0.4 is 0 Å². The van der Waals surface area contributed by atoms with Crippen LogP contribution in [0, 0.1) is 0 Å². The van der Waals surface area contributed by atoms with Crippen molar-refractivity contribution in [1.29, 1.82) is 0 Å². The first-order valence-corrected chi connectivity index (χ1v) is 12.4. The van der Waals surface area contributed by atoms with Crippen molar-refractivity contribution in [2.45, 2.75) is 24.7 Å². The monoisotopic (exact) mass is 536 g/mol. The van der Waals surface area contributed by atoms with Gasteiger partial charge in [-0.3, -0.25) is 9.88 Å². The van der Waals surface area contributed by atoms with Crippen molar-refractivity contribution in [3.63, 3.8) is 0 Å². The Hall–Kier alpha value is -1.68. The lowest BCUT2D eigenvalue weighted by atomic mass is 10.1. The Balaban J connectivity index is 1.46. The van der Waals surface area contributed by atoms with E-state index in [2.05, 4.69) is 57.8 Å². The molecule has 0 spiro atoms. The molecule has 2 aromatic heterocycles. The molecule has 0 fully saturated rings. The molecule has 4 rings (SSSR count). The summed E-state index contributed by atoms with van der Waals surface area (Å²) in [6.45, 7) is 2.27. The molecule has 0 saturated heterocycles. The zero-order valence-corrected chi connectivity index (χ0v) is 19.6. The summed E-state index contributed by atoms with van der Waals surface area (Å²) < 4.78 is 25.3. The van der Waals surface area contributed by atoms with Gasteiger partial charge < -0.3 is 0 Å². The van der Waals surface area contributed by atoms with Crippen LogP contribution in [0.5, 0.6) is 0 Å². The Morgan fingerprint density at radius 3 is 2.48 bits per heavy atom. The lowest BCUT2D eigenvalue weighted by molar-refractivity contribution is 0.242. The third kappa shape index (κ3) is 4.91. The Morgan fingerprint density at radius 2 is 1.83 bits per heavy atom. The van der Waals surface area contributed by atoms with Crippen LogP contribution in [0.15, 0.2) is 56.8 Å². The molecule has 0 amide bonds. The Labute approximate surface area is 186 Å². The predicted molar refractivity (Wildman–Crippen MR) is 118 cm³/mol. The fraction of sp³-hybridized carbons (Fsp3) is 0.250. The van der Waals surface area contributed by atoms with Gasteiger partial charge in [-0.2, -0.15) is 0 Å². The highest BCUT2D eigenvalue weighted by atomic mass is 79.9. The molecule has 3 aromatic rings. The van der Waals surface area contributed by atoms with Crippen LogP contribution in [0.4, 0.5) is 0 Å². The highest BCUT2D eigenvalue weighted by molar-refractivity contribution is 9.11. The maximum Gasteiger partial charge on any atom is 0.246 e. The summed E-state index contributed by atoms with van der Waals surface area (Å²) >= 11 is 7.02. The van der Waals surface area contributed by atoms with Gasteiger partial charge in [0, 0.05) is 64.8 Å². The Morgan fingerprint density at radius 1 is 1.07 bits per heavy atom. The van der Waals surface area contributed by atoms with Gasteiger partial charge >= 0.3 is 0 Å². The summed E-state index contributed by atoms with van der Waals surface area (Å²) in [6, 6.07) is 10.2. The first-order chi connectivity index (χ1) is 13.8. The van der Waals surface area contributed by atoms with Crippen LogP contribution in [0.1, 0.15) is 16.8 Å². The molecular weight excluding hydrogens is 520 g/mol. The second-order valence-corrected chi connectivity index (χ2v) is 10.8. The van der Waals surface area contributed by atoms with Crippen molar-refractivity contribution in [3.8, 4) is 11.3 Å². The first kappa shape index (κ1) is 20.6. The van der Waals surface area contributed by atoms with Crippen LogP contribution in [0.2, 0.25) is 0 Å². The largest absolute Gasteiger partial charge is 0.294 e. The number of nitrogens with zero attached hydrogens (tertiary/aromatic N) is 4. The molecule has 150 valence electrons. The molecule has 0 saturated carbocycles. The average Bonchev–Trinajstić information content (AvgIpc) is 2.66. The van der Waals surface area contributed by atoms with E-state index in [-0.39, 0.29) is 5.16 Å². The third-order valence-electron chi connectivity index (χ3n) is 4.71. The van der Waals surface area contributed by atoms with Gasteiger partial charge in [-0.15, -0.1) is 0 Å². The van der Waals surface area contributed by atoms with E-state index < -0.39 is 9.84 Å². The predicted octanol–water partition coefficient (Wildman–Crippen LogP) is 4.03. The molecule has 6 nitrogen and oxygen atoms in total. The molecule has 0 atom stereocenters. The van der Waals surface area contributed by atoms with Gasteiger partial charge in [0.25, 0.3) is 0 Å². The van der Waals surface area contributed by atoms with E-state index in [1.807, 2.05) is 30.5 Å². The van der Waals surface area contributed by atoms with E-state index in [1.165, 1.54) is 0 Å². The summed E-state index contributed by atoms with van der Waals surface area (Å²) in [7, 11) is -3.38. The fourth-order valence-corrected chi connectivity index (χ4v) is 5.13. The molecule has 9 heteroatoms. The van der Waals surface area contributed by atoms with Gasteiger partial charge in [0.15, 0.2) is 0 Å². The summed E-state index contributed by atoms with van der Waals surface area (Å²) in [5, 5.41) is -0.0938. The highest BCUT2D eigenvalue weighted by Gasteiger charge is 2.21. The van der Waals surface area contributed by atoms with Crippen molar-refractivity contribution in [3.05, 3.63) is 68.5 Å². The number of halogens is 2. The Kier molecular flexibility index (Phi) is 5.83. The van der Waals surface area contributed by atoms with Crippen LogP contribution in [-0.4, -0.2) is 41.1 Å². The number of sulfone groups is 1. The smallest absolute Gasteiger partial charge is 0.246 e. The van der Waals surface area contributed by atoms with Gasteiger partial charge in [0.2, 0.25) is 15.0 Å². The molecule has 0 aliphatic carbocycles. The van der Waals surface area contributed by atoms with Crippen LogP contribution >= 0.6 is 31.9 Å². The van der Waals surface area contributed by atoms with Crippen molar-refractivity contribution >= 4 is 41.7 Å². The zero-order valence-electron chi connectivity index (χ0n) is 15.6. The van der Waals surface area contributed by atoms with Crippen LogP contribution in [0.25, 0.3) is 11.3 Å². The van der Waals surface area contributed by atoms with E-state index in [9.17, 15) is 8.42 Å². The normalized spacial score (nSPS) is 14.6. The minimum absolute atomic E-state index is 0.0938. The van der Waals surface area contributed by atoms with Crippen molar-refractivity contribution in [2.75, 3.05) is 12.8 Å². The average molecular weight is 538 g/mol. The molecule has 0 radical (unpaired) electrons. The second-order valence-electron chi connectivity index (χ2n) is 7.07. The second kappa shape index (κ2) is 8.22. The summed E-state index contributed by atoms with van der Waals surface area (Å²) in [4.78, 5) is 15.2. The van der Waals surface area contributed by atoms with E-state index in [0.717, 1.165) is 56.4 Å². The number of hydrogen-bond acceptors (Lipinski definition) is 6. The molecule has 0 N–H and O–H groups in total. The SMILES string of the molecule is CS(=O)(=O)c1ncc2c(n1)CCN(Cc1ccc(-c3cc(Br)cc(Br)c3)nc1)C2. The van der Waals surface area contributed by atoms with Crippen LogP contribution in [0.3, 0.4) is 0 Å². The number of rotatable bonds is 4. The summed E-state index contributed by atoms with van der Waals surface area (Å²) in [5.74, 6) is 0. The van der Waals surface area contributed by atoms with Crippen molar-refractivity contribution in [1.82, 2.24) is 19.9 Å². The van der Waals surface area contributed by atoms with Gasteiger partial charge in [-0.05, 0) is 29.8 Å². The molecule has 29 heavy (non-hydrogen) atoms. The molecule has 1 aromatic carbocycles.